The lowest BCUT2D eigenvalue weighted by molar-refractivity contribution is -0.305. The maximum Gasteiger partial charge on any atom is 0.306 e. The van der Waals surface area contributed by atoms with Crippen LogP contribution in [0, 0.1) is 0 Å². The van der Waals surface area contributed by atoms with Gasteiger partial charge in [0, 0.05) is 6.42 Å². The predicted molar refractivity (Wildman–Crippen MR) is 324 cm³/mol. The minimum atomic E-state index is -1.62. The average molecular weight is 1100 g/mol. The van der Waals surface area contributed by atoms with Gasteiger partial charge in [0.2, 0.25) is 5.91 Å². The summed E-state index contributed by atoms with van der Waals surface area (Å²) in [6.07, 6.45) is 60.4. The standard InChI is InChI=1S/C67H117NO10/c1-4-7-10-13-16-19-22-25-27-28-29-30-31-32-33-35-36-39-42-45-48-51-54-60(71)66(75)68-58(59(70)53-50-47-44-41-38-24-21-18-15-12-9-6-3)57-76-67-65(64(74)63(73)61(56-69)77-67)78-62(72)55-52-49-46-43-40-37-34-26-23-20-17-14-11-8-5-2/h8,11,14,16-17,19-20,23,25,27,29-30,50,53,58-61,63-65,67,69-71,73-74H,4-7,9-10,12-13,15,18,21-22,24,26,28,31-49,51-52,54-57H2,1-3H3,(H,68,75)/b11-8+,17-14+,19-16-,23-20+,27-25-,30-29-,53-50+. The maximum atomic E-state index is 13.4. The van der Waals surface area contributed by atoms with E-state index < -0.39 is 67.4 Å². The van der Waals surface area contributed by atoms with E-state index in [2.05, 4.69) is 92.9 Å². The van der Waals surface area contributed by atoms with E-state index in [-0.39, 0.29) is 19.4 Å². The van der Waals surface area contributed by atoms with Gasteiger partial charge in [-0.1, -0.05) is 260 Å². The third-order valence-corrected chi connectivity index (χ3v) is 14.6. The third-order valence-electron chi connectivity index (χ3n) is 14.6. The molecule has 1 saturated heterocycles. The van der Waals surface area contributed by atoms with E-state index in [0.717, 1.165) is 109 Å². The van der Waals surface area contributed by atoms with Gasteiger partial charge >= 0.3 is 5.97 Å². The number of esters is 1. The van der Waals surface area contributed by atoms with Crippen LogP contribution in [0.15, 0.2) is 85.1 Å². The largest absolute Gasteiger partial charge is 0.454 e. The van der Waals surface area contributed by atoms with Crippen molar-refractivity contribution in [3.63, 3.8) is 0 Å². The van der Waals surface area contributed by atoms with Gasteiger partial charge in [0.15, 0.2) is 12.4 Å². The lowest BCUT2D eigenvalue weighted by Gasteiger charge is -2.41. The number of hydrogen-bond acceptors (Lipinski definition) is 10. The summed E-state index contributed by atoms with van der Waals surface area (Å²) in [5, 5.41) is 57.0. The predicted octanol–water partition coefficient (Wildman–Crippen LogP) is 15.3. The summed E-state index contributed by atoms with van der Waals surface area (Å²) in [6.45, 7) is 5.62. The van der Waals surface area contributed by atoms with Crippen LogP contribution in [0.2, 0.25) is 0 Å². The summed E-state index contributed by atoms with van der Waals surface area (Å²) in [5.41, 5.74) is 0. The molecule has 8 atom stereocenters. The lowest BCUT2D eigenvalue weighted by atomic mass is 9.99. The van der Waals surface area contributed by atoms with Crippen molar-refractivity contribution in [1.82, 2.24) is 5.32 Å². The Balaban J connectivity index is 2.65. The second-order valence-electron chi connectivity index (χ2n) is 21.8. The second kappa shape index (κ2) is 54.4. The zero-order valence-electron chi connectivity index (χ0n) is 49.8. The van der Waals surface area contributed by atoms with E-state index in [9.17, 15) is 35.1 Å². The van der Waals surface area contributed by atoms with Gasteiger partial charge in [0.05, 0.1) is 25.4 Å². The Morgan fingerprint density at radius 2 is 0.974 bits per heavy atom. The van der Waals surface area contributed by atoms with Gasteiger partial charge < -0.3 is 45.1 Å². The number of ether oxygens (including phenoxy) is 3. The van der Waals surface area contributed by atoms with Crippen molar-refractivity contribution < 1.29 is 49.3 Å². The van der Waals surface area contributed by atoms with Gasteiger partial charge in [0.25, 0.3) is 0 Å². The van der Waals surface area contributed by atoms with Crippen LogP contribution in [0.3, 0.4) is 0 Å². The number of rotatable bonds is 53. The molecule has 78 heavy (non-hydrogen) atoms. The Bertz CT molecular complexity index is 1590. The number of hydrogen-bond donors (Lipinski definition) is 6. The normalized spacial score (nSPS) is 19.5. The molecule has 1 amide bonds. The minimum absolute atomic E-state index is 0.107. The Kier molecular flexibility index (Phi) is 50.8. The van der Waals surface area contributed by atoms with Crippen LogP contribution in [0.1, 0.15) is 265 Å². The molecule has 1 rings (SSSR count). The monoisotopic (exact) mass is 1100 g/mol. The lowest BCUT2D eigenvalue weighted by Crippen LogP contribution is -2.61. The maximum absolute atomic E-state index is 13.4. The quantitative estimate of drug-likeness (QED) is 0.0149. The molecule has 8 unspecified atom stereocenters. The summed E-state index contributed by atoms with van der Waals surface area (Å²) >= 11 is 0. The van der Waals surface area contributed by atoms with E-state index in [1.54, 1.807) is 6.08 Å². The van der Waals surface area contributed by atoms with Gasteiger partial charge in [-0.15, -0.1) is 0 Å². The highest BCUT2D eigenvalue weighted by atomic mass is 16.7. The van der Waals surface area contributed by atoms with Gasteiger partial charge in [-0.2, -0.15) is 0 Å². The van der Waals surface area contributed by atoms with Crippen molar-refractivity contribution in [3.05, 3.63) is 85.1 Å². The number of unbranched alkanes of at least 4 members (excludes halogenated alkanes) is 29. The summed E-state index contributed by atoms with van der Waals surface area (Å²) in [5.74, 6) is -1.21. The number of carbonyl (C=O) groups is 2. The van der Waals surface area contributed by atoms with Crippen molar-refractivity contribution in [2.24, 2.45) is 0 Å². The van der Waals surface area contributed by atoms with Crippen molar-refractivity contribution in [3.8, 4) is 0 Å². The van der Waals surface area contributed by atoms with Crippen molar-refractivity contribution in [1.29, 1.82) is 0 Å². The number of aliphatic hydroxyl groups is 5. The third kappa shape index (κ3) is 41.8. The van der Waals surface area contributed by atoms with Crippen LogP contribution in [0.25, 0.3) is 0 Å². The van der Waals surface area contributed by atoms with Gasteiger partial charge in [-0.25, -0.2) is 0 Å². The molecule has 11 heteroatoms. The van der Waals surface area contributed by atoms with Gasteiger partial charge in [-0.05, 0) is 83.5 Å². The first-order chi connectivity index (χ1) is 38.2. The molecule has 6 N–H and O–H groups in total. The van der Waals surface area contributed by atoms with Crippen LogP contribution < -0.4 is 5.32 Å². The first kappa shape index (κ1) is 72.9. The Labute approximate surface area is 476 Å². The van der Waals surface area contributed by atoms with Crippen LogP contribution in [0.5, 0.6) is 0 Å². The Hall–Kier alpha value is -3.16. The van der Waals surface area contributed by atoms with Gasteiger partial charge in [0.1, 0.15) is 24.4 Å². The van der Waals surface area contributed by atoms with E-state index in [1.165, 1.54) is 109 Å². The topological polar surface area (TPSA) is 175 Å². The molecule has 11 nitrogen and oxygen atoms in total. The zero-order chi connectivity index (χ0) is 56.8. The van der Waals surface area contributed by atoms with Crippen LogP contribution >= 0.6 is 0 Å². The molecule has 1 aliphatic rings. The van der Waals surface area contributed by atoms with Crippen LogP contribution in [0.4, 0.5) is 0 Å². The van der Waals surface area contributed by atoms with Crippen LogP contribution in [-0.4, -0.2) is 99.6 Å². The zero-order valence-corrected chi connectivity index (χ0v) is 49.8. The molecule has 0 spiro atoms. The number of aliphatic hydroxyl groups excluding tert-OH is 5. The van der Waals surface area contributed by atoms with E-state index in [4.69, 9.17) is 14.2 Å². The molecule has 1 aliphatic heterocycles. The average Bonchev–Trinajstić information content (AvgIpc) is 3.45. The molecule has 450 valence electrons. The number of amides is 1. The molecule has 0 aromatic carbocycles. The molecule has 1 fully saturated rings. The Morgan fingerprint density at radius 3 is 1.51 bits per heavy atom. The smallest absolute Gasteiger partial charge is 0.306 e. The molecular weight excluding hydrogens is 979 g/mol. The minimum Gasteiger partial charge on any atom is -0.454 e. The van der Waals surface area contributed by atoms with Gasteiger partial charge in [-0.3, -0.25) is 9.59 Å². The number of carbonyl (C=O) groups excluding carboxylic acids is 2. The second-order valence-corrected chi connectivity index (χ2v) is 21.8. The fourth-order valence-corrected chi connectivity index (χ4v) is 9.54. The highest BCUT2D eigenvalue weighted by Crippen LogP contribution is 2.26. The first-order valence-electron chi connectivity index (χ1n) is 31.9. The van der Waals surface area contributed by atoms with Crippen molar-refractivity contribution in [2.75, 3.05) is 13.2 Å². The number of allylic oxidation sites excluding steroid dienone is 13. The molecule has 0 aromatic rings. The summed E-state index contributed by atoms with van der Waals surface area (Å²) in [7, 11) is 0. The fraction of sp³-hybridized carbons (Fsp3) is 0.761. The molecule has 0 aliphatic carbocycles. The van der Waals surface area contributed by atoms with E-state index in [1.807, 2.05) is 12.2 Å². The summed E-state index contributed by atoms with van der Waals surface area (Å²) < 4.78 is 17.6. The van der Waals surface area contributed by atoms with E-state index >= 15 is 0 Å². The molecular formula is C67H117NO10. The molecule has 0 saturated carbocycles. The molecule has 0 aromatic heterocycles. The number of nitrogens with one attached hydrogen (secondary N) is 1. The highest BCUT2D eigenvalue weighted by Gasteiger charge is 2.47. The highest BCUT2D eigenvalue weighted by molar-refractivity contribution is 5.80. The fourth-order valence-electron chi connectivity index (χ4n) is 9.54. The summed E-state index contributed by atoms with van der Waals surface area (Å²) in [6, 6.07) is -1.03. The van der Waals surface area contributed by atoms with Crippen molar-refractivity contribution >= 4 is 11.9 Å². The molecule has 0 bridgehead atoms. The molecule has 0 radical (unpaired) electrons. The SMILES string of the molecule is CC/C=C/C=C/C=C/CCCCCCCCCC(=O)OC1C(OCC(NC(=O)C(O)CCCCCCCCCCC/C=C\C/C=C\C/C=C\CCCCC)C(O)/C=C/CCCCCCCCCCCC)OC(CO)C(O)C1O. The molecule has 1 heterocycles. The van der Waals surface area contributed by atoms with E-state index in [0.29, 0.717) is 12.8 Å². The summed E-state index contributed by atoms with van der Waals surface area (Å²) in [4.78, 5) is 26.6. The van der Waals surface area contributed by atoms with Crippen LogP contribution in [-0.2, 0) is 23.8 Å². The van der Waals surface area contributed by atoms with Crippen molar-refractivity contribution in [2.45, 2.75) is 314 Å². The Morgan fingerprint density at radius 1 is 0.526 bits per heavy atom. The first-order valence-corrected chi connectivity index (χ1v) is 31.9.